The van der Waals surface area contributed by atoms with E-state index in [9.17, 15) is 0 Å². The molecule has 1 aliphatic carbocycles. The first kappa shape index (κ1) is 13.7. The molecule has 0 nitrogen and oxygen atoms in total. The Labute approximate surface area is 130 Å². The third-order valence-corrected chi connectivity index (χ3v) is 4.67. The fraction of sp³-hybridized carbons (Fsp3) is 0.263. The highest BCUT2D eigenvalue weighted by molar-refractivity contribution is 6.08. The van der Waals surface area contributed by atoms with Gasteiger partial charge in [-0.15, -0.1) is 0 Å². The molecule has 0 bridgehead atoms. The van der Waals surface area contributed by atoms with Crippen molar-refractivity contribution in [2.45, 2.75) is 32.1 Å². The molecule has 3 radical (unpaired) electrons. The van der Waals surface area contributed by atoms with Crippen LogP contribution in [0, 0.1) is 0 Å². The van der Waals surface area contributed by atoms with E-state index in [1.165, 1.54) is 40.8 Å². The number of rotatable bonds is 0. The summed E-state index contributed by atoms with van der Waals surface area (Å²) < 4.78 is 0. The maximum Gasteiger partial charge on any atom is 0 e. The van der Waals surface area contributed by atoms with Gasteiger partial charge in [0.05, 0.1) is 0 Å². The molecule has 0 saturated carbocycles. The normalized spacial score (nSPS) is 17.8. The highest BCUT2D eigenvalue weighted by Crippen LogP contribution is 2.37. The van der Waals surface area contributed by atoms with Gasteiger partial charge < -0.3 is 0 Å². The second-order valence-electron chi connectivity index (χ2n) is 5.81. The zero-order chi connectivity index (χ0) is 12.8. The molecule has 3 aromatic rings. The van der Waals surface area contributed by atoms with Crippen LogP contribution in [0.3, 0.4) is 0 Å². The summed E-state index contributed by atoms with van der Waals surface area (Å²) in [6.45, 7) is 2.37. The van der Waals surface area contributed by atoms with E-state index in [1.807, 2.05) is 0 Å². The molecule has 0 spiro atoms. The number of hydrogen-bond acceptors (Lipinski definition) is 0. The average molecular weight is 273 g/mol. The van der Waals surface area contributed by atoms with Crippen LogP contribution in [0.25, 0.3) is 21.5 Å². The van der Waals surface area contributed by atoms with Crippen molar-refractivity contribution in [3.05, 3.63) is 59.7 Å². The minimum Gasteiger partial charge on any atom is -0.0616 e. The fourth-order valence-corrected chi connectivity index (χ4v) is 3.65. The van der Waals surface area contributed by atoms with Crippen LogP contribution in [0.1, 0.15) is 36.8 Å². The highest BCUT2D eigenvalue weighted by Gasteiger charge is 2.18. The van der Waals surface area contributed by atoms with Gasteiger partial charge in [0, 0.05) is 17.4 Å². The Morgan fingerprint density at radius 3 is 2.55 bits per heavy atom. The van der Waals surface area contributed by atoms with Crippen LogP contribution >= 0.6 is 0 Å². The maximum atomic E-state index is 2.37. The minimum atomic E-state index is 0. The van der Waals surface area contributed by atoms with Crippen molar-refractivity contribution >= 4 is 38.9 Å². The zero-order valence-corrected chi connectivity index (χ0v) is 13.0. The quantitative estimate of drug-likeness (QED) is 0.397. The lowest BCUT2D eigenvalue weighted by molar-refractivity contribution is 0.593. The molecule has 1 unspecified atom stereocenters. The van der Waals surface area contributed by atoms with E-state index in [0.717, 1.165) is 5.92 Å². The Morgan fingerprint density at radius 1 is 0.850 bits per heavy atom. The lowest BCUT2D eigenvalue weighted by Crippen LogP contribution is -2.07. The van der Waals surface area contributed by atoms with E-state index in [4.69, 9.17) is 0 Å². The second kappa shape index (κ2) is 5.24. The Hall–Kier alpha value is -1.29. The van der Waals surface area contributed by atoms with Crippen LogP contribution in [-0.4, -0.2) is 17.4 Å². The van der Waals surface area contributed by atoms with E-state index in [0.29, 0.717) is 0 Å². The van der Waals surface area contributed by atoms with Crippen molar-refractivity contribution in [1.82, 2.24) is 0 Å². The summed E-state index contributed by atoms with van der Waals surface area (Å²) in [4.78, 5) is 0. The first-order valence-electron chi connectivity index (χ1n) is 7.28. The smallest absolute Gasteiger partial charge is 0 e. The number of benzene rings is 3. The van der Waals surface area contributed by atoms with Gasteiger partial charge in [-0.1, -0.05) is 55.5 Å². The summed E-state index contributed by atoms with van der Waals surface area (Å²) in [6, 6.07) is 18.0. The summed E-state index contributed by atoms with van der Waals surface area (Å²) in [5.74, 6) is 0.722. The minimum absolute atomic E-state index is 0. The summed E-state index contributed by atoms with van der Waals surface area (Å²) in [5, 5.41) is 5.63. The van der Waals surface area contributed by atoms with Gasteiger partial charge in [-0.2, -0.15) is 0 Å². The van der Waals surface area contributed by atoms with Crippen molar-refractivity contribution in [2.24, 2.45) is 0 Å². The molecule has 3 aromatic carbocycles. The van der Waals surface area contributed by atoms with Crippen LogP contribution in [0.2, 0.25) is 0 Å². The predicted molar refractivity (Wildman–Crippen MR) is 88.6 cm³/mol. The lowest BCUT2D eigenvalue weighted by atomic mass is 9.81. The average Bonchev–Trinajstić information content (AvgIpc) is 2.47. The van der Waals surface area contributed by atoms with Crippen LogP contribution < -0.4 is 0 Å². The molecule has 0 amide bonds. The zero-order valence-electron chi connectivity index (χ0n) is 11.9. The highest BCUT2D eigenvalue weighted by atomic mass is 27.0. The summed E-state index contributed by atoms with van der Waals surface area (Å²) in [5.41, 5.74) is 3.18. The molecule has 0 N–H and O–H groups in total. The monoisotopic (exact) mass is 273 g/mol. The molecular weight excluding hydrogens is 255 g/mol. The molecule has 0 aliphatic heterocycles. The van der Waals surface area contributed by atoms with Crippen molar-refractivity contribution < 1.29 is 0 Å². The van der Waals surface area contributed by atoms with Gasteiger partial charge in [-0.05, 0) is 57.9 Å². The van der Waals surface area contributed by atoms with Gasteiger partial charge in [0.1, 0.15) is 0 Å². The standard InChI is InChI=1S/C19H18.Al/c1-13-5-4-8-17-15(13)11-12-18-16-7-3-2-6-14(16)9-10-19(17)18;/h2-3,6-7,9-13H,4-5,8H2,1H3;. The summed E-state index contributed by atoms with van der Waals surface area (Å²) in [6.07, 6.45) is 3.92. The molecule has 97 valence electrons. The van der Waals surface area contributed by atoms with E-state index in [-0.39, 0.29) is 17.4 Å². The van der Waals surface area contributed by atoms with Crippen molar-refractivity contribution in [3.8, 4) is 0 Å². The molecule has 20 heavy (non-hydrogen) atoms. The summed E-state index contributed by atoms with van der Waals surface area (Å²) in [7, 11) is 0. The van der Waals surface area contributed by atoms with Gasteiger partial charge in [0.2, 0.25) is 0 Å². The lowest BCUT2D eigenvalue weighted by Gasteiger charge is -2.24. The summed E-state index contributed by atoms with van der Waals surface area (Å²) >= 11 is 0. The van der Waals surface area contributed by atoms with E-state index in [2.05, 4.69) is 55.5 Å². The van der Waals surface area contributed by atoms with Gasteiger partial charge in [0.15, 0.2) is 0 Å². The molecule has 1 heteroatoms. The van der Waals surface area contributed by atoms with Gasteiger partial charge in [-0.25, -0.2) is 0 Å². The number of aryl methyl sites for hydroxylation is 1. The van der Waals surface area contributed by atoms with Crippen LogP contribution in [0.4, 0.5) is 0 Å². The second-order valence-corrected chi connectivity index (χ2v) is 5.81. The van der Waals surface area contributed by atoms with E-state index in [1.54, 1.807) is 11.1 Å². The largest absolute Gasteiger partial charge is 0.0616 e. The number of hydrogen-bond donors (Lipinski definition) is 0. The van der Waals surface area contributed by atoms with Crippen molar-refractivity contribution in [1.29, 1.82) is 0 Å². The van der Waals surface area contributed by atoms with Crippen LogP contribution in [0.5, 0.6) is 0 Å². The predicted octanol–water partition coefficient (Wildman–Crippen LogP) is 5.05. The SMILES string of the molecule is CC1CCCc2c1ccc1c2ccc2ccccc21.[Al]. The van der Waals surface area contributed by atoms with Crippen LogP contribution in [0.15, 0.2) is 48.5 Å². The Kier molecular flexibility index (Phi) is 3.59. The Balaban J connectivity index is 0.00000121. The topological polar surface area (TPSA) is 0 Å². The molecule has 0 saturated heterocycles. The van der Waals surface area contributed by atoms with E-state index < -0.39 is 0 Å². The van der Waals surface area contributed by atoms with Crippen LogP contribution in [-0.2, 0) is 6.42 Å². The first-order valence-corrected chi connectivity index (χ1v) is 7.28. The molecule has 0 aromatic heterocycles. The Morgan fingerprint density at radius 2 is 1.65 bits per heavy atom. The van der Waals surface area contributed by atoms with Crippen molar-refractivity contribution in [2.75, 3.05) is 0 Å². The molecular formula is C19H18Al. The Bertz CT molecular complexity index is 773. The van der Waals surface area contributed by atoms with Gasteiger partial charge >= 0.3 is 0 Å². The molecule has 1 aliphatic rings. The van der Waals surface area contributed by atoms with Crippen molar-refractivity contribution in [3.63, 3.8) is 0 Å². The van der Waals surface area contributed by atoms with E-state index >= 15 is 0 Å². The van der Waals surface area contributed by atoms with Gasteiger partial charge in [-0.3, -0.25) is 0 Å². The molecule has 0 heterocycles. The molecule has 0 fully saturated rings. The number of fused-ring (bicyclic) bond motifs is 5. The third-order valence-electron chi connectivity index (χ3n) is 4.67. The fourth-order valence-electron chi connectivity index (χ4n) is 3.65. The third kappa shape index (κ3) is 1.97. The molecule has 1 atom stereocenters. The first-order chi connectivity index (χ1) is 9.34. The molecule has 4 rings (SSSR count). The van der Waals surface area contributed by atoms with Gasteiger partial charge in [0.25, 0.3) is 0 Å². The maximum absolute atomic E-state index is 2.37.